The maximum absolute atomic E-state index is 8.73. The van der Waals surface area contributed by atoms with Gasteiger partial charge in [0.05, 0.1) is 6.07 Å². The molecule has 0 aromatic heterocycles. The monoisotopic (exact) mass is 278 g/mol. The molecule has 0 aliphatic heterocycles. The number of thioether (sulfide) groups is 1. The Balaban J connectivity index is 2.46. The molecule has 0 aliphatic carbocycles. The minimum absolute atomic E-state index is 0.276. The molecule has 0 spiro atoms. The van der Waals surface area contributed by atoms with Gasteiger partial charge in [-0.15, -0.1) is 11.8 Å². The van der Waals surface area contributed by atoms with Crippen LogP contribution in [0.3, 0.4) is 0 Å². The molecular formula is C15H22N2OS. The molecule has 0 heterocycles. The lowest BCUT2D eigenvalue weighted by atomic mass is 10.2. The second kappa shape index (κ2) is 9.71. The Bertz CT molecular complexity index is 403. The summed E-state index contributed by atoms with van der Waals surface area (Å²) in [6, 6.07) is 10.4. The summed E-state index contributed by atoms with van der Waals surface area (Å²) in [6.07, 6.45) is 3.55. The Morgan fingerprint density at radius 3 is 2.84 bits per heavy atom. The van der Waals surface area contributed by atoms with Gasteiger partial charge in [0.25, 0.3) is 0 Å². The molecule has 1 unspecified atom stereocenters. The number of nitriles is 1. The minimum Gasteiger partial charge on any atom is -0.396 e. The predicted octanol–water partition coefficient (Wildman–Crippen LogP) is 3.66. The molecule has 104 valence electrons. The second-order valence-electron chi connectivity index (χ2n) is 4.50. The number of aliphatic hydroxyl groups is 1. The molecule has 0 fully saturated rings. The topological polar surface area (TPSA) is 56.0 Å². The van der Waals surface area contributed by atoms with E-state index in [4.69, 9.17) is 10.4 Å². The van der Waals surface area contributed by atoms with Crippen LogP contribution in [-0.2, 0) is 0 Å². The van der Waals surface area contributed by atoms with Crippen molar-refractivity contribution in [1.29, 1.82) is 5.26 Å². The molecule has 0 bridgehead atoms. The summed E-state index contributed by atoms with van der Waals surface area (Å²) in [5.41, 5.74) is 1.14. The quantitative estimate of drug-likeness (QED) is 0.534. The largest absolute Gasteiger partial charge is 0.396 e. The molecule has 4 heteroatoms. The van der Waals surface area contributed by atoms with E-state index in [0.29, 0.717) is 11.7 Å². The highest BCUT2D eigenvalue weighted by atomic mass is 32.2. The predicted molar refractivity (Wildman–Crippen MR) is 81.4 cm³/mol. The summed E-state index contributed by atoms with van der Waals surface area (Å²) < 4.78 is 0. The van der Waals surface area contributed by atoms with Gasteiger partial charge in [-0.1, -0.05) is 19.1 Å². The van der Waals surface area contributed by atoms with E-state index >= 15 is 0 Å². The van der Waals surface area contributed by atoms with Gasteiger partial charge in [0, 0.05) is 35.4 Å². The van der Waals surface area contributed by atoms with Gasteiger partial charge in [-0.05, 0) is 31.4 Å². The van der Waals surface area contributed by atoms with Crippen molar-refractivity contribution in [2.45, 2.75) is 42.8 Å². The molecule has 0 saturated carbocycles. The first-order valence-corrected chi connectivity index (χ1v) is 7.63. The molecule has 0 radical (unpaired) electrons. The fraction of sp³-hybridized carbons (Fsp3) is 0.533. The van der Waals surface area contributed by atoms with Crippen LogP contribution >= 0.6 is 11.8 Å². The van der Waals surface area contributed by atoms with Gasteiger partial charge in [-0.25, -0.2) is 0 Å². The molecule has 0 amide bonds. The fourth-order valence-corrected chi connectivity index (χ4v) is 2.75. The number of nitrogens with one attached hydrogen (secondary N) is 1. The highest BCUT2D eigenvalue weighted by molar-refractivity contribution is 8.00. The number of unbranched alkanes of at least 4 members (excludes halogenated alkanes) is 2. The fourth-order valence-electron chi connectivity index (χ4n) is 1.74. The van der Waals surface area contributed by atoms with Crippen molar-refractivity contribution >= 4 is 17.4 Å². The number of aliphatic hydroxyl groups excluding tert-OH is 1. The SMILES string of the molecule is CC(CC#N)Sc1ccccc1NCCCCCO. The molecular weight excluding hydrogens is 256 g/mol. The number of anilines is 1. The summed E-state index contributed by atoms with van der Waals surface area (Å²) in [5.74, 6) is 0. The van der Waals surface area contributed by atoms with Crippen LogP contribution in [0.5, 0.6) is 0 Å². The minimum atomic E-state index is 0.276. The van der Waals surface area contributed by atoms with Crippen LogP contribution in [0.1, 0.15) is 32.6 Å². The lowest BCUT2D eigenvalue weighted by Crippen LogP contribution is -2.04. The first-order chi connectivity index (χ1) is 9.27. The molecule has 1 atom stereocenters. The van der Waals surface area contributed by atoms with Crippen molar-refractivity contribution < 1.29 is 5.11 Å². The summed E-state index contributed by atoms with van der Waals surface area (Å²) in [5, 5.41) is 21.2. The molecule has 3 nitrogen and oxygen atoms in total. The van der Waals surface area contributed by atoms with E-state index < -0.39 is 0 Å². The molecule has 2 N–H and O–H groups in total. The zero-order valence-corrected chi connectivity index (χ0v) is 12.2. The Labute approximate surface area is 120 Å². The Kier molecular flexibility index (Phi) is 8.11. The van der Waals surface area contributed by atoms with Gasteiger partial charge in [0.1, 0.15) is 0 Å². The standard InChI is InChI=1S/C15H22N2OS/c1-13(9-10-16)19-15-8-4-3-7-14(15)17-11-5-2-6-12-18/h3-4,7-8,13,17-18H,2,5-6,9,11-12H2,1H3. The van der Waals surface area contributed by atoms with Crippen LogP contribution in [0.15, 0.2) is 29.2 Å². The van der Waals surface area contributed by atoms with Crippen LogP contribution in [0, 0.1) is 11.3 Å². The zero-order chi connectivity index (χ0) is 13.9. The molecule has 1 aromatic rings. The van der Waals surface area contributed by atoms with Gasteiger partial charge >= 0.3 is 0 Å². The number of rotatable bonds is 9. The normalized spacial score (nSPS) is 11.8. The Morgan fingerprint density at radius 1 is 1.32 bits per heavy atom. The lowest BCUT2D eigenvalue weighted by molar-refractivity contribution is 0.283. The van der Waals surface area contributed by atoms with E-state index in [0.717, 1.165) is 31.5 Å². The lowest BCUT2D eigenvalue weighted by Gasteiger charge is -2.13. The van der Waals surface area contributed by atoms with Crippen LogP contribution in [-0.4, -0.2) is 23.5 Å². The number of para-hydroxylation sites is 1. The average molecular weight is 278 g/mol. The molecule has 1 rings (SSSR count). The average Bonchev–Trinajstić information content (AvgIpc) is 2.40. The summed E-state index contributed by atoms with van der Waals surface area (Å²) in [7, 11) is 0. The Morgan fingerprint density at radius 2 is 2.11 bits per heavy atom. The van der Waals surface area contributed by atoms with Gasteiger partial charge in [0.2, 0.25) is 0 Å². The van der Waals surface area contributed by atoms with E-state index in [1.165, 1.54) is 4.90 Å². The van der Waals surface area contributed by atoms with Gasteiger partial charge in [-0.2, -0.15) is 5.26 Å². The van der Waals surface area contributed by atoms with Crippen molar-refractivity contribution in [2.24, 2.45) is 0 Å². The summed E-state index contributed by atoms with van der Waals surface area (Å²) in [4.78, 5) is 1.20. The van der Waals surface area contributed by atoms with Crippen molar-refractivity contribution in [3.63, 3.8) is 0 Å². The second-order valence-corrected chi connectivity index (χ2v) is 5.98. The van der Waals surface area contributed by atoms with E-state index in [-0.39, 0.29) is 6.61 Å². The number of nitrogens with zero attached hydrogens (tertiary/aromatic N) is 1. The van der Waals surface area contributed by atoms with E-state index in [1.54, 1.807) is 11.8 Å². The highest BCUT2D eigenvalue weighted by Crippen LogP contribution is 2.31. The van der Waals surface area contributed by atoms with Crippen molar-refractivity contribution in [2.75, 3.05) is 18.5 Å². The van der Waals surface area contributed by atoms with Crippen molar-refractivity contribution in [3.8, 4) is 6.07 Å². The number of hydrogen-bond donors (Lipinski definition) is 2. The maximum Gasteiger partial charge on any atom is 0.0633 e. The molecule has 0 aliphatic rings. The van der Waals surface area contributed by atoms with E-state index in [9.17, 15) is 0 Å². The maximum atomic E-state index is 8.73. The van der Waals surface area contributed by atoms with Crippen molar-refractivity contribution in [3.05, 3.63) is 24.3 Å². The highest BCUT2D eigenvalue weighted by Gasteiger charge is 2.07. The summed E-state index contributed by atoms with van der Waals surface area (Å²) >= 11 is 1.74. The van der Waals surface area contributed by atoms with Crippen LogP contribution in [0.25, 0.3) is 0 Å². The summed E-state index contributed by atoms with van der Waals surface area (Å²) in [6.45, 7) is 3.27. The van der Waals surface area contributed by atoms with Crippen LogP contribution in [0.2, 0.25) is 0 Å². The smallest absolute Gasteiger partial charge is 0.0633 e. The first kappa shape index (κ1) is 15.9. The molecule has 19 heavy (non-hydrogen) atoms. The van der Waals surface area contributed by atoms with E-state index in [2.05, 4.69) is 30.4 Å². The van der Waals surface area contributed by atoms with E-state index in [1.807, 2.05) is 12.1 Å². The van der Waals surface area contributed by atoms with Crippen LogP contribution < -0.4 is 5.32 Å². The van der Waals surface area contributed by atoms with Crippen LogP contribution in [0.4, 0.5) is 5.69 Å². The van der Waals surface area contributed by atoms with Gasteiger partial charge in [-0.3, -0.25) is 0 Å². The molecule has 0 saturated heterocycles. The third kappa shape index (κ3) is 6.51. The van der Waals surface area contributed by atoms with Gasteiger partial charge < -0.3 is 10.4 Å². The van der Waals surface area contributed by atoms with Gasteiger partial charge in [0.15, 0.2) is 0 Å². The van der Waals surface area contributed by atoms with Crippen molar-refractivity contribution in [1.82, 2.24) is 0 Å². The Hall–Kier alpha value is -1.18. The third-order valence-corrected chi connectivity index (χ3v) is 3.92. The number of benzene rings is 1. The molecule has 1 aromatic carbocycles. The number of hydrogen-bond acceptors (Lipinski definition) is 4. The zero-order valence-electron chi connectivity index (χ0n) is 11.4. The third-order valence-electron chi connectivity index (χ3n) is 2.74. The first-order valence-electron chi connectivity index (χ1n) is 6.75.